The molecular formula is C5H12N2O6S. The maximum atomic E-state index is 10.8. The van der Waals surface area contributed by atoms with E-state index in [4.69, 9.17) is 14.0 Å². The summed E-state index contributed by atoms with van der Waals surface area (Å²) in [5.74, 6) is 4.55. The molecule has 14 heavy (non-hydrogen) atoms. The second kappa shape index (κ2) is 6.68. The third-order valence-electron chi connectivity index (χ3n) is 1.33. The molecule has 84 valence electrons. The highest BCUT2D eigenvalue weighted by molar-refractivity contribution is 7.77. The minimum Gasteiger partial charge on any atom is -0.356 e. The van der Waals surface area contributed by atoms with E-state index in [0.29, 0.717) is 4.31 Å². The van der Waals surface area contributed by atoms with Crippen molar-refractivity contribution in [2.24, 2.45) is 5.90 Å². The second-order valence-electron chi connectivity index (χ2n) is 2.08. The number of hydrogen-bond donors (Lipinski definition) is 2. The number of hydrogen-bond acceptors (Lipinski definition) is 6. The molecule has 0 aliphatic rings. The predicted molar refractivity (Wildman–Crippen MR) is 46.0 cm³/mol. The Balaban J connectivity index is 4.36. The molecule has 0 bridgehead atoms. The number of nitrogens with two attached hydrogens (primary N) is 1. The molecule has 9 heteroatoms. The Morgan fingerprint density at radius 1 is 1.57 bits per heavy atom. The summed E-state index contributed by atoms with van der Waals surface area (Å²) in [5.41, 5.74) is 0. The lowest BCUT2D eigenvalue weighted by Gasteiger charge is -2.20. The number of rotatable bonds is 5. The lowest BCUT2D eigenvalue weighted by Crippen LogP contribution is -2.41. The number of carbonyl (C=O) groups is 1. The minimum absolute atomic E-state index is 0.272. The fraction of sp³-hybridized carbons (Fsp3) is 0.800. The average molecular weight is 228 g/mol. The van der Waals surface area contributed by atoms with Crippen LogP contribution < -0.4 is 5.90 Å². The lowest BCUT2D eigenvalue weighted by molar-refractivity contribution is -0.106. The van der Waals surface area contributed by atoms with Gasteiger partial charge in [0.25, 0.3) is 11.3 Å². The summed E-state index contributed by atoms with van der Waals surface area (Å²) in [5, 5.41) is 0. The highest BCUT2D eigenvalue weighted by Gasteiger charge is 2.24. The Kier molecular flexibility index (Phi) is 6.32. The van der Waals surface area contributed by atoms with Crippen molar-refractivity contribution < 1.29 is 27.9 Å². The Bertz CT molecular complexity index is 208. The van der Waals surface area contributed by atoms with Crippen molar-refractivity contribution in [2.45, 2.75) is 6.29 Å². The summed E-state index contributed by atoms with van der Waals surface area (Å²) in [6, 6.07) is 0. The molecule has 0 aliphatic carbocycles. The SMILES string of the molecule is COC(CN(C(=O)ON)S(=O)O)OC. The molecule has 0 saturated carbocycles. The van der Waals surface area contributed by atoms with Crippen LogP contribution in [0.3, 0.4) is 0 Å². The van der Waals surface area contributed by atoms with Gasteiger partial charge in [-0.15, -0.1) is 0 Å². The van der Waals surface area contributed by atoms with Crippen molar-refractivity contribution in [2.75, 3.05) is 20.8 Å². The normalized spacial score (nSPS) is 12.6. The zero-order valence-corrected chi connectivity index (χ0v) is 8.52. The Morgan fingerprint density at radius 3 is 2.36 bits per heavy atom. The quantitative estimate of drug-likeness (QED) is 0.354. The van der Waals surface area contributed by atoms with Crippen LogP contribution in [0.25, 0.3) is 0 Å². The molecule has 8 nitrogen and oxygen atoms in total. The third kappa shape index (κ3) is 3.98. The molecule has 0 saturated heterocycles. The molecule has 1 amide bonds. The van der Waals surface area contributed by atoms with Crippen LogP contribution in [-0.2, 0) is 25.6 Å². The summed E-state index contributed by atoms with van der Waals surface area (Å²) < 4.78 is 29.2. The smallest absolute Gasteiger partial charge is 0.356 e. The van der Waals surface area contributed by atoms with Crippen molar-refractivity contribution in [3.8, 4) is 0 Å². The van der Waals surface area contributed by atoms with Gasteiger partial charge >= 0.3 is 6.09 Å². The van der Waals surface area contributed by atoms with E-state index in [1.54, 1.807) is 0 Å². The van der Waals surface area contributed by atoms with Gasteiger partial charge in [-0.3, -0.25) is 4.55 Å². The number of nitrogens with zero attached hydrogens (tertiary/aromatic N) is 1. The Hall–Kier alpha value is -0.740. The van der Waals surface area contributed by atoms with Gasteiger partial charge in [0.1, 0.15) is 0 Å². The van der Waals surface area contributed by atoms with Crippen molar-refractivity contribution >= 4 is 17.4 Å². The summed E-state index contributed by atoms with van der Waals surface area (Å²) in [7, 11) is 2.64. The largest absolute Gasteiger partial charge is 0.442 e. The number of methoxy groups -OCH3 is 2. The van der Waals surface area contributed by atoms with E-state index in [9.17, 15) is 9.00 Å². The molecule has 1 atom stereocenters. The monoisotopic (exact) mass is 228 g/mol. The molecule has 0 spiro atoms. The molecule has 0 fully saturated rings. The van der Waals surface area contributed by atoms with E-state index in [0.717, 1.165) is 0 Å². The van der Waals surface area contributed by atoms with Gasteiger partial charge in [-0.1, -0.05) is 0 Å². The first kappa shape index (κ1) is 13.3. The van der Waals surface area contributed by atoms with Crippen LogP contribution in [0.4, 0.5) is 4.79 Å². The molecule has 3 N–H and O–H groups in total. The van der Waals surface area contributed by atoms with Crippen LogP contribution in [0.15, 0.2) is 0 Å². The summed E-state index contributed by atoms with van der Waals surface area (Å²) in [6.07, 6.45) is -1.98. The zero-order valence-electron chi connectivity index (χ0n) is 7.71. The van der Waals surface area contributed by atoms with E-state index in [2.05, 4.69) is 10.7 Å². The van der Waals surface area contributed by atoms with Gasteiger partial charge in [-0.05, 0) is 0 Å². The van der Waals surface area contributed by atoms with E-state index in [1.807, 2.05) is 0 Å². The molecule has 0 aromatic heterocycles. The fourth-order valence-electron chi connectivity index (χ4n) is 0.642. The number of carbonyl (C=O) groups excluding carboxylic acids is 1. The van der Waals surface area contributed by atoms with E-state index in [-0.39, 0.29) is 6.54 Å². The van der Waals surface area contributed by atoms with Crippen LogP contribution >= 0.6 is 0 Å². The molecule has 0 aromatic rings. The van der Waals surface area contributed by atoms with Gasteiger partial charge in [0, 0.05) is 14.2 Å². The second-order valence-corrected chi connectivity index (χ2v) is 2.98. The highest BCUT2D eigenvalue weighted by Crippen LogP contribution is 2.01. The average Bonchev–Trinajstić information content (AvgIpc) is 2.18. The first-order valence-electron chi connectivity index (χ1n) is 3.41. The highest BCUT2D eigenvalue weighted by atomic mass is 32.2. The van der Waals surface area contributed by atoms with E-state index in [1.165, 1.54) is 14.2 Å². The first-order valence-corrected chi connectivity index (χ1v) is 4.48. The summed E-state index contributed by atoms with van der Waals surface area (Å²) >= 11 is -2.54. The molecule has 0 radical (unpaired) electrons. The van der Waals surface area contributed by atoms with Crippen LogP contribution in [0, 0.1) is 0 Å². The van der Waals surface area contributed by atoms with Crippen molar-refractivity contribution in [3.63, 3.8) is 0 Å². The van der Waals surface area contributed by atoms with E-state index < -0.39 is 23.6 Å². The summed E-state index contributed by atoms with van der Waals surface area (Å²) in [6.45, 7) is -0.272. The van der Waals surface area contributed by atoms with Gasteiger partial charge in [0.2, 0.25) is 0 Å². The molecule has 1 unspecified atom stereocenters. The van der Waals surface area contributed by atoms with Crippen LogP contribution in [-0.4, -0.2) is 46.2 Å². The summed E-state index contributed by atoms with van der Waals surface area (Å²) in [4.78, 5) is 14.6. The zero-order chi connectivity index (χ0) is 11.1. The maximum absolute atomic E-state index is 10.8. The number of amides is 1. The Labute approximate surface area is 83.3 Å². The third-order valence-corrected chi connectivity index (χ3v) is 2.01. The van der Waals surface area contributed by atoms with Gasteiger partial charge in [-0.25, -0.2) is 9.00 Å². The first-order chi connectivity index (χ1) is 6.56. The molecule has 0 rings (SSSR count). The van der Waals surface area contributed by atoms with Crippen molar-refractivity contribution in [3.05, 3.63) is 0 Å². The minimum atomic E-state index is -2.54. The van der Waals surface area contributed by atoms with E-state index >= 15 is 0 Å². The van der Waals surface area contributed by atoms with Crippen LogP contribution in [0.5, 0.6) is 0 Å². The standard InChI is InChI=1S/C5H12N2O6S/c1-11-4(12-2)3-7(14(9)10)5(8)13-6/h4H,3,6H2,1-2H3,(H,9,10). The van der Waals surface area contributed by atoms with Crippen LogP contribution in [0.2, 0.25) is 0 Å². The predicted octanol–water partition coefficient (Wildman–Crippen LogP) is -0.946. The molecule has 0 heterocycles. The maximum Gasteiger partial charge on any atom is 0.442 e. The topological polar surface area (TPSA) is 111 Å². The molecule has 0 aromatic carbocycles. The van der Waals surface area contributed by atoms with Gasteiger partial charge < -0.3 is 14.3 Å². The Morgan fingerprint density at radius 2 is 2.07 bits per heavy atom. The van der Waals surface area contributed by atoms with Crippen molar-refractivity contribution in [1.82, 2.24) is 4.31 Å². The van der Waals surface area contributed by atoms with Crippen LogP contribution in [0.1, 0.15) is 0 Å². The van der Waals surface area contributed by atoms with Gasteiger partial charge in [0.05, 0.1) is 6.54 Å². The molecular weight excluding hydrogens is 216 g/mol. The lowest BCUT2D eigenvalue weighted by atomic mass is 10.6. The van der Waals surface area contributed by atoms with Gasteiger partial charge in [0.15, 0.2) is 6.29 Å². The van der Waals surface area contributed by atoms with Gasteiger partial charge in [-0.2, -0.15) is 10.2 Å². The number of ether oxygens (including phenoxy) is 2. The fourth-order valence-corrected chi connectivity index (χ4v) is 1.06. The van der Waals surface area contributed by atoms with Crippen molar-refractivity contribution in [1.29, 1.82) is 0 Å². The molecule has 0 aliphatic heterocycles.